The molecule has 0 radical (unpaired) electrons. The van der Waals surface area contributed by atoms with Crippen molar-refractivity contribution in [3.05, 3.63) is 64.6 Å². The quantitative estimate of drug-likeness (QED) is 0.421. The Bertz CT molecular complexity index is 1150. The van der Waals surface area contributed by atoms with Gasteiger partial charge in [-0.15, -0.1) is 0 Å². The lowest BCUT2D eigenvalue weighted by Gasteiger charge is -2.34. The van der Waals surface area contributed by atoms with Crippen LogP contribution >= 0.6 is 0 Å². The number of nitrogens with one attached hydrogen (secondary N) is 1. The molecule has 1 aliphatic rings. The molecule has 0 unspecified atom stereocenters. The Labute approximate surface area is 189 Å². The van der Waals surface area contributed by atoms with E-state index in [4.69, 9.17) is 9.47 Å². The number of piperazine rings is 1. The van der Waals surface area contributed by atoms with Gasteiger partial charge in [0.2, 0.25) is 11.8 Å². The van der Waals surface area contributed by atoms with Crippen LogP contribution < -0.4 is 19.7 Å². The fourth-order valence-electron chi connectivity index (χ4n) is 3.42. The molecule has 0 saturated carbocycles. The minimum atomic E-state index is -0.801. The first kappa shape index (κ1) is 22.2. The molecule has 1 saturated heterocycles. The Morgan fingerprint density at radius 1 is 1.15 bits per heavy atom. The van der Waals surface area contributed by atoms with Crippen molar-refractivity contribution >= 4 is 23.0 Å². The van der Waals surface area contributed by atoms with E-state index in [1.165, 1.54) is 24.3 Å². The molecule has 2 aromatic carbocycles. The maximum atomic E-state index is 14.2. The largest absolute Gasteiger partial charge is 0.494 e. The SMILES string of the molecule is COc1cc(N2CCN(C)CC2)ccc1Nc1ncc(F)c(Oc2cccc([N+](=O)[O-])c2)n1. The van der Waals surface area contributed by atoms with Crippen molar-refractivity contribution in [1.82, 2.24) is 14.9 Å². The summed E-state index contributed by atoms with van der Waals surface area (Å²) in [7, 11) is 3.67. The van der Waals surface area contributed by atoms with Gasteiger partial charge in [-0.1, -0.05) is 6.07 Å². The van der Waals surface area contributed by atoms with E-state index in [0.717, 1.165) is 38.1 Å². The first-order chi connectivity index (χ1) is 15.9. The Balaban J connectivity index is 1.53. The van der Waals surface area contributed by atoms with E-state index >= 15 is 0 Å². The van der Waals surface area contributed by atoms with E-state index in [1.807, 2.05) is 18.2 Å². The number of ether oxygens (including phenoxy) is 2. The summed E-state index contributed by atoms with van der Waals surface area (Å²) in [5, 5.41) is 14.0. The number of hydrogen-bond donors (Lipinski definition) is 1. The number of aromatic nitrogens is 2. The molecule has 0 atom stereocenters. The number of methoxy groups -OCH3 is 1. The van der Waals surface area contributed by atoms with Crippen molar-refractivity contribution in [3.8, 4) is 17.4 Å². The van der Waals surface area contributed by atoms with E-state index < -0.39 is 10.7 Å². The number of benzene rings is 2. The van der Waals surface area contributed by atoms with Gasteiger partial charge in [0.25, 0.3) is 11.6 Å². The van der Waals surface area contributed by atoms with Gasteiger partial charge < -0.3 is 24.6 Å². The summed E-state index contributed by atoms with van der Waals surface area (Å²) >= 11 is 0. The molecular weight excluding hydrogens is 431 g/mol. The summed E-state index contributed by atoms with van der Waals surface area (Å²) in [6, 6.07) is 11.2. The van der Waals surface area contributed by atoms with Gasteiger partial charge in [0.1, 0.15) is 11.5 Å². The zero-order chi connectivity index (χ0) is 23.4. The number of hydrogen-bond acceptors (Lipinski definition) is 9. The minimum Gasteiger partial charge on any atom is -0.494 e. The van der Waals surface area contributed by atoms with Crippen LogP contribution in [0.25, 0.3) is 0 Å². The fourth-order valence-corrected chi connectivity index (χ4v) is 3.42. The smallest absolute Gasteiger partial charge is 0.273 e. The minimum absolute atomic E-state index is 0.0851. The Morgan fingerprint density at radius 2 is 1.94 bits per heavy atom. The van der Waals surface area contributed by atoms with Gasteiger partial charge in [0, 0.05) is 44.0 Å². The second-order valence-electron chi connectivity index (χ2n) is 7.50. The fraction of sp³-hybridized carbons (Fsp3) is 0.273. The van der Waals surface area contributed by atoms with Gasteiger partial charge in [-0.25, -0.2) is 4.98 Å². The normalized spacial score (nSPS) is 14.1. The molecule has 0 bridgehead atoms. The third-order valence-electron chi connectivity index (χ3n) is 5.25. The zero-order valence-electron chi connectivity index (χ0n) is 18.2. The Kier molecular flexibility index (Phi) is 6.50. The van der Waals surface area contributed by atoms with Gasteiger partial charge in [-0.2, -0.15) is 9.37 Å². The van der Waals surface area contributed by atoms with Crippen LogP contribution in [0.1, 0.15) is 0 Å². The maximum absolute atomic E-state index is 14.2. The first-order valence-corrected chi connectivity index (χ1v) is 10.3. The number of non-ortho nitro benzene ring substituents is 1. The molecular formula is C22H23FN6O4. The summed E-state index contributed by atoms with van der Waals surface area (Å²) in [5.41, 5.74) is 1.47. The highest BCUT2D eigenvalue weighted by Gasteiger charge is 2.17. The van der Waals surface area contributed by atoms with Crippen LogP contribution in [0.3, 0.4) is 0 Å². The Hall–Kier alpha value is -3.99. The van der Waals surface area contributed by atoms with E-state index in [9.17, 15) is 14.5 Å². The average molecular weight is 454 g/mol. The highest BCUT2D eigenvalue weighted by molar-refractivity contribution is 5.68. The second kappa shape index (κ2) is 9.65. The zero-order valence-corrected chi connectivity index (χ0v) is 18.2. The Morgan fingerprint density at radius 3 is 2.67 bits per heavy atom. The first-order valence-electron chi connectivity index (χ1n) is 10.3. The number of nitrogens with zero attached hydrogens (tertiary/aromatic N) is 5. The van der Waals surface area contributed by atoms with Crippen LogP contribution in [0.15, 0.2) is 48.7 Å². The summed E-state index contributed by atoms with van der Waals surface area (Å²) in [5.74, 6) is -0.407. The van der Waals surface area contributed by atoms with Gasteiger partial charge in [0.15, 0.2) is 0 Å². The number of likely N-dealkylation sites (N-methyl/N-ethyl adjacent to an activating group) is 1. The molecule has 172 valence electrons. The van der Waals surface area contributed by atoms with Crippen LogP contribution in [-0.2, 0) is 0 Å². The summed E-state index contributed by atoms with van der Waals surface area (Å²) < 4.78 is 25.2. The lowest BCUT2D eigenvalue weighted by molar-refractivity contribution is -0.384. The van der Waals surface area contributed by atoms with Crippen LogP contribution in [-0.4, -0.2) is 60.1 Å². The third-order valence-corrected chi connectivity index (χ3v) is 5.25. The van der Waals surface area contributed by atoms with Crippen LogP contribution in [0.5, 0.6) is 17.4 Å². The highest BCUT2D eigenvalue weighted by Crippen LogP contribution is 2.33. The number of halogens is 1. The lowest BCUT2D eigenvalue weighted by atomic mass is 10.2. The molecule has 2 heterocycles. The van der Waals surface area contributed by atoms with E-state index in [-0.39, 0.29) is 23.3 Å². The number of anilines is 3. The topological polar surface area (TPSA) is 106 Å². The number of rotatable bonds is 7. The molecule has 0 amide bonds. The van der Waals surface area contributed by atoms with Gasteiger partial charge in [-0.05, 0) is 25.2 Å². The monoisotopic (exact) mass is 454 g/mol. The third kappa shape index (κ3) is 5.26. The summed E-state index contributed by atoms with van der Waals surface area (Å²) in [6.45, 7) is 3.82. The van der Waals surface area contributed by atoms with Crippen molar-refractivity contribution < 1.29 is 18.8 Å². The molecule has 33 heavy (non-hydrogen) atoms. The van der Waals surface area contributed by atoms with Gasteiger partial charge in [0.05, 0.1) is 30.0 Å². The van der Waals surface area contributed by atoms with E-state index in [0.29, 0.717) is 11.4 Å². The molecule has 1 fully saturated rings. The van der Waals surface area contributed by atoms with Crippen molar-refractivity contribution in [1.29, 1.82) is 0 Å². The van der Waals surface area contributed by atoms with Crippen LogP contribution in [0, 0.1) is 15.9 Å². The van der Waals surface area contributed by atoms with Crippen molar-refractivity contribution in [2.45, 2.75) is 0 Å². The van der Waals surface area contributed by atoms with Crippen molar-refractivity contribution in [2.75, 3.05) is 50.6 Å². The molecule has 0 aliphatic carbocycles. The summed E-state index contributed by atoms with van der Waals surface area (Å²) in [4.78, 5) is 23.0. The number of nitro groups is 1. The lowest BCUT2D eigenvalue weighted by Crippen LogP contribution is -2.44. The number of nitro benzene ring substituents is 1. The van der Waals surface area contributed by atoms with Gasteiger partial charge in [-0.3, -0.25) is 10.1 Å². The molecule has 1 N–H and O–H groups in total. The molecule has 10 nitrogen and oxygen atoms in total. The summed E-state index contributed by atoms with van der Waals surface area (Å²) in [6.07, 6.45) is 0.965. The molecule has 3 aromatic rings. The highest BCUT2D eigenvalue weighted by atomic mass is 19.1. The predicted octanol–water partition coefficient (Wildman–Crippen LogP) is 3.82. The standard InChI is InChI=1S/C22H23FN6O4/c1-27-8-10-28(11-9-27)15-6-7-19(20(13-15)32-2)25-22-24-14-18(23)21(26-22)33-17-5-3-4-16(12-17)29(30)31/h3-7,12-14H,8-11H2,1-2H3,(H,24,25,26). The molecule has 11 heteroatoms. The average Bonchev–Trinajstić information content (AvgIpc) is 2.82. The molecule has 1 aromatic heterocycles. The second-order valence-corrected chi connectivity index (χ2v) is 7.50. The van der Waals surface area contributed by atoms with Crippen molar-refractivity contribution in [3.63, 3.8) is 0 Å². The van der Waals surface area contributed by atoms with Crippen LogP contribution in [0.4, 0.5) is 27.4 Å². The predicted molar refractivity (Wildman–Crippen MR) is 121 cm³/mol. The molecule has 4 rings (SSSR count). The van der Waals surface area contributed by atoms with E-state index in [2.05, 4.69) is 32.1 Å². The molecule has 0 spiro atoms. The van der Waals surface area contributed by atoms with Crippen molar-refractivity contribution in [2.24, 2.45) is 0 Å². The van der Waals surface area contributed by atoms with E-state index in [1.54, 1.807) is 7.11 Å². The van der Waals surface area contributed by atoms with Crippen LogP contribution in [0.2, 0.25) is 0 Å². The molecule has 1 aliphatic heterocycles. The van der Waals surface area contributed by atoms with Gasteiger partial charge >= 0.3 is 0 Å². The maximum Gasteiger partial charge on any atom is 0.273 e.